The van der Waals surface area contributed by atoms with Gasteiger partial charge in [0.25, 0.3) is 5.91 Å². The van der Waals surface area contributed by atoms with Gasteiger partial charge in [-0.05, 0) is 18.2 Å². The number of aromatic nitrogens is 1. The number of hydrogen-bond donors (Lipinski definition) is 2. The van der Waals surface area contributed by atoms with Gasteiger partial charge < -0.3 is 20.1 Å². The van der Waals surface area contributed by atoms with Gasteiger partial charge in [0, 0.05) is 44.3 Å². The lowest BCUT2D eigenvalue weighted by molar-refractivity contribution is 0.0672. The van der Waals surface area contributed by atoms with Crippen LogP contribution in [0, 0.1) is 0 Å². The summed E-state index contributed by atoms with van der Waals surface area (Å²) in [5.41, 5.74) is 1.43. The number of urea groups is 1. The van der Waals surface area contributed by atoms with Crippen LogP contribution in [0.5, 0.6) is 0 Å². The number of H-pyrrole nitrogens is 1. The molecule has 22 heavy (non-hydrogen) atoms. The summed E-state index contributed by atoms with van der Waals surface area (Å²) in [5, 5.41) is 2.86. The number of carbonyl (C=O) groups is 2. The summed E-state index contributed by atoms with van der Waals surface area (Å²) in [7, 11) is 0. The first kappa shape index (κ1) is 14.2. The van der Waals surface area contributed by atoms with Crippen molar-refractivity contribution in [3.63, 3.8) is 0 Å². The van der Waals surface area contributed by atoms with E-state index >= 15 is 0 Å². The van der Waals surface area contributed by atoms with E-state index in [0.29, 0.717) is 31.7 Å². The van der Waals surface area contributed by atoms with Crippen molar-refractivity contribution in [2.75, 3.05) is 31.5 Å². The normalized spacial score (nSPS) is 14.7. The standard InChI is InChI=1S/C16H18N4O2/c21-15(13-6-7-17-12-13)19-8-10-20(11-9-19)16(22)18-14-4-2-1-3-5-14/h1-7,12,17H,8-11H2,(H,18,22). The summed E-state index contributed by atoms with van der Waals surface area (Å²) in [6.45, 7) is 2.17. The minimum atomic E-state index is -0.125. The number of anilines is 1. The quantitative estimate of drug-likeness (QED) is 0.890. The monoisotopic (exact) mass is 298 g/mol. The Morgan fingerprint density at radius 1 is 0.955 bits per heavy atom. The molecule has 1 aromatic heterocycles. The molecule has 2 heterocycles. The van der Waals surface area contributed by atoms with Crippen molar-refractivity contribution >= 4 is 17.6 Å². The van der Waals surface area contributed by atoms with Crippen molar-refractivity contribution in [3.05, 3.63) is 54.4 Å². The third kappa shape index (κ3) is 3.11. The highest BCUT2D eigenvalue weighted by atomic mass is 16.2. The molecule has 1 fully saturated rings. The summed E-state index contributed by atoms with van der Waals surface area (Å²) in [6.07, 6.45) is 3.42. The summed E-state index contributed by atoms with van der Waals surface area (Å²) in [6, 6.07) is 11.0. The fourth-order valence-corrected chi connectivity index (χ4v) is 2.48. The number of hydrogen-bond acceptors (Lipinski definition) is 2. The molecule has 2 N–H and O–H groups in total. The van der Waals surface area contributed by atoms with E-state index in [0.717, 1.165) is 5.69 Å². The smallest absolute Gasteiger partial charge is 0.321 e. The van der Waals surface area contributed by atoms with Gasteiger partial charge in [0.05, 0.1) is 5.56 Å². The molecule has 1 saturated heterocycles. The molecular formula is C16H18N4O2. The average molecular weight is 298 g/mol. The first-order valence-electron chi connectivity index (χ1n) is 7.27. The third-order valence-electron chi connectivity index (χ3n) is 3.72. The van der Waals surface area contributed by atoms with E-state index in [9.17, 15) is 9.59 Å². The number of nitrogens with zero attached hydrogens (tertiary/aromatic N) is 2. The van der Waals surface area contributed by atoms with E-state index in [1.54, 1.807) is 28.3 Å². The van der Waals surface area contributed by atoms with Gasteiger partial charge in [-0.25, -0.2) is 4.79 Å². The molecule has 3 rings (SSSR count). The Morgan fingerprint density at radius 2 is 1.64 bits per heavy atom. The zero-order valence-corrected chi connectivity index (χ0v) is 12.2. The van der Waals surface area contributed by atoms with Gasteiger partial charge in [0.1, 0.15) is 0 Å². The Morgan fingerprint density at radius 3 is 2.27 bits per heavy atom. The van der Waals surface area contributed by atoms with Crippen LogP contribution in [-0.4, -0.2) is 52.9 Å². The summed E-state index contributed by atoms with van der Waals surface area (Å²) in [4.78, 5) is 30.8. The maximum atomic E-state index is 12.2. The van der Waals surface area contributed by atoms with E-state index in [1.165, 1.54) is 0 Å². The third-order valence-corrected chi connectivity index (χ3v) is 3.72. The number of rotatable bonds is 2. The topological polar surface area (TPSA) is 68.4 Å². The van der Waals surface area contributed by atoms with E-state index in [4.69, 9.17) is 0 Å². The number of para-hydroxylation sites is 1. The SMILES string of the molecule is O=C(Nc1ccccc1)N1CCN(C(=O)c2cc[nH]c2)CC1. The maximum absolute atomic E-state index is 12.2. The maximum Gasteiger partial charge on any atom is 0.321 e. The van der Waals surface area contributed by atoms with Gasteiger partial charge in [0.2, 0.25) is 0 Å². The number of nitrogens with one attached hydrogen (secondary N) is 2. The molecule has 6 heteroatoms. The molecular weight excluding hydrogens is 280 g/mol. The summed E-state index contributed by atoms with van der Waals surface area (Å²) in [5.74, 6) is 0.00404. The Hall–Kier alpha value is -2.76. The van der Waals surface area contributed by atoms with E-state index in [1.807, 2.05) is 30.3 Å². The first-order chi connectivity index (χ1) is 10.7. The molecule has 0 bridgehead atoms. The molecule has 1 aromatic carbocycles. The van der Waals surface area contributed by atoms with Gasteiger partial charge in [-0.1, -0.05) is 18.2 Å². The fourth-order valence-electron chi connectivity index (χ4n) is 2.48. The second-order valence-corrected chi connectivity index (χ2v) is 5.18. The molecule has 1 aliphatic heterocycles. The fraction of sp³-hybridized carbons (Fsp3) is 0.250. The molecule has 3 amide bonds. The number of piperazine rings is 1. The van der Waals surface area contributed by atoms with Crippen molar-refractivity contribution in [3.8, 4) is 0 Å². The second-order valence-electron chi connectivity index (χ2n) is 5.18. The number of carbonyl (C=O) groups excluding carboxylic acids is 2. The Bertz CT molecular complexity index is 631. The van der Waals surface area contributed by atoms with Crippen LogP contribution in [0.25, 0.3) is 0 Å². The summed E-state index contributed by atoms with van der Waals surface area (Å²) < 4.78 is 0. The van der Waals surface area contributed by atoms with E-state index in [-0.39, 0.29) is 11.9 Å². The first-order valence-corrected chi connectivity index (χ1v) is 7.27. The minimum absolute atomic E-state index is 0.00404. The molecule has 0 unspecified atom stereocenters. The van der Waals surface area contributed by atoms with Crippen LogP contribution in [0.15, 0.2) is 48.8 Å². The van der Waals surface area contributed by atoms with Crippen LogP contribution >= 0.6 is 0 Å². The summed E-state index contributed by atoms with van der Waals surface area (Å²) >= 11 is 0. The molecule has 0 radical (unpaired) electrons. The lowest BCUT2D eigenvalue weighted by atomic mass is 10.2. The van der Waals surface area contributed by atoms with Crippen molar-refractivity contribution in [2.45, 2.75) is 0 Å². The van der Waals surface area contributed by atoms with E-state index < -0.39 is 0 Å². The van der Waals surface area contributed by atoms with E-state index in [2.05, 4.69) is 10.3 Å². The highest BCUT2D eigenvalue weighted by molar-refractivity contribution is 5.94. The minimum Gasteiger partial charge on any atom is -0.367 e. The molecule has 1 aliphatic rings. The average Bonchev–Trinajstić information content (AvgIpc) is 3.10. The predicted octanol–water partition coefficient (Wildman–Crippen LogP) is 2.00. The van der Waals surface area contributed by atoms with Crippen molar-refractivity contribution in [2.24, 2.45) is 0 Å². The zero-order chi connectivity index (χ0) is 15.4. The van der Waals surface area contributed by atoms with Crippen molar-refractivity contribution in [1.82, 2.24) is 14.8 Å². The molecule has 0 atom stereocenters. The molecule has 6 nitrogen and oxygen atoms in total. The lowest BCUT2D eigenvalue weighted by Gasteiger charge is -2.34. The van der Waals surface area contributed by atoms with Crippen molar-refractivity contribution in [1.29, 1.82) is 0 Å². The molecule has 0 saturated carbocycles. The van der Waals surface area contributed by atoms with Gasteiger partial charge in [0.15, 0.2) is 0 Å². The Labute approximate surface area is 128 Å². The van der Waals surface area contributed by atoms with Gasteiger partial charge in [-0.2, -0.15) is 0 Å². The molecule has 0 aliphatic carbocycles. The zero-order valence-electron chi connectivity index (χ0n) is 12.2. The largest absolute Gasteiger partial charge is 0.367 e. The predicted molar refractivity (Wildman–Crippen MR) is 83.7 cm³/mol. The van der Waals surface area contributed by atoms with Gasteiger partial charge in [-0.3, -0.25) is 4.79 Å². The number of benzene rings is 1. The van der Waals surface area contributed by atoms with Crippen LogP contribution in [0.3, 0.4) is 0 Å². The second kappa shape index (κ2) is 6.34. The van der Waals surface area contributed by atoms with Crippen LogP contribution in [0.2, 0.25) is 0 Å². The highest BCUT2D eigenvalue weighted by Crippen LogP contribution is 2.11. The van der Waals surface area contributed by atoms with Crippen LogP contribution < -0.4 is 5.32 Å². The molecule has 2 aromatic rings. The number of amides is 3. The molecule has 0 spiro atoms. The molecule has 114 valence electrons. The van der Waals surface area contributed by atoms with Crippen molar-refractivity contribution < 1.29 is 9.59 Å². The van der Waals surface area contributed by atoms with Gasteiger partial charge in [-0.15, -0.1) is 0 Å². The highest BCUT2D eigenvalue weighted by Gasteiger charge is 2.24. The van der Waals surface area contributed by atoms with Crippen LogP contribution in [0.4, 0.5) is 10.5 Å². The Balaban J connectivity index is 1.53. The van der Waals surface area contributed by atoms with Crippen LogP contribution in [0.1, 0.15) is 10.4 Å². The Kier molecular flexibility index (Phi) is 4.09. The van der Waals surface area contributed by atoms with Crippen LogP contribution in [-0.2, 0) is 0 Å². The number of aromatic amines is 1. The van der Waals surface area contributed by atoms with Gasteiger partial charge >= 0.3 is 6.03 Å². The lowest BCUT2D eigenvalue weighted by Crippen LogP contribution is -2.51.